The molecule has 1 atom stereocenters. The normalized spacial score (nSPS) is 12.5. The average Bonchev–Trinajstić information content (AvgIpc) is 2.26. The summed E-state index contributed by atoms with van der Waals surface area (Å²) in [6.45, 7) is 3.16. The quantitative estimate of drug-likeness (QED) is 0.847. The summed E-state index contributed by atoms with van der Waals surface area (Å²) in [7, 11) is 0. The van der Waals surface area contributed by atoms with Crippen LogP contribution in [-0.4, -0.2) is 23.2 Å². The third-order valence-corrected chi connectivity index (χ3v) is 3.29. The maximum absolute atomic E-state index is 8.89. The average molecular weight is 308 g/mol. The minimum Gasteiger partial charge on any atom is -0.396 e. The fourth-order valence-electron chi connectivity index (χ4n) is 1.42. The van der Waals surface area contributed by atoms with Crippen molar-refractivity contribution in [2.24, 2.45) is 5.92 Å². The van der Waals surface area contributed by atoms with E-state index in [1.54, 1.807) is 6.20 Å². The molecule has 5 heteroatoms. The summed E-state index contributed by atoms with van der Waals surface area (Å²) in [5, 5.41) is 12.7. The van der Waals surface area contributed by atoms with Crippen molar-refractivity contribution in [3.8, 4) is 0 Å². The Balaban J connectivity index is 2.53. The van der Waals surface area contributed by atoms with E-state index in [0.29, 0.717) is 10.9 Å². The van der Waals surface area contributed by atoms with E-state index in [2.05, 4.69) is 33.2 Å². The number of aliphatic hydroxyl groups excluding tert-OH is 1. The first-order valence-electron chi connectivity index (χ1n) is 5.33. The van der Waals surface area contributed by atoms with Crippen LogP contribution < -0.4 is 5.32 Å². The number of nitrogens with one attached hydrogen (secondary N) is 1. The summed E-state index contributed by atoms with van der Waals surface area (Å²) in [6.07, 6.45) is 3.47. The maximum atomic E-state index is 8.89. The second-order valence-electron chi connectivity index (χ2n) is 3.65. The molecule has 0 spiro atoms. The Bertz CT molecular complexity index is 336. The van der Waals surface area contributed by atoms with Crippen LogP contribution in [0.1, 0.15) is 19.8 Å². The molecule has 0 saturated carbocycles. The van der Waals surface area contributed by atoms with Gasteiger partial charge in [-0.05, 0) is 34.3 Å². The van der Waals surface area contributed by atoms with Crippen LogP contribution in [0.2, 0.25) is 5.02 Å². The lowest BCUT2D eigenvalue weighted by Gasteiger charge is -2.15. The van der Waals surface area contributed by atoms with Gasteiger partial charge in [0, 0.05) is 19.3 Å². The Hall–Kier alpha value is -0.320. The van der Waals surface area contributed by atoms with E-state index in [1.807, 2.05) is 6.07 Å². The van der Waals surface area contributed by atoms with Gasteiger partial charge in [-0.15, -0.1) is 0 Å². The number of halogens is 2. The Morgan fingerprint density at radius 3 is 2.94 bits per heavy atom. The Morgan fingerprint density at radius 1 is 1.62 bits per heavy atom. The molecule has 1 unspecified atom stereocenters. The zero-order valence-corrected chi connectivity index (χ0v) is 11.6. The van der Waals surface area contributed by atoms with Crippen LogP contribution in [0.3, 0.4) is 0 Å². The summed E-state index contributed by atoms with van der Waals surface area (Å²) < 4.78 is 0.860. The molecule has 1 rings (SSSR count). The number of hydrogen-bond donors (Lipinski definition) is 2. The molecule has 2 N–H and O–H groups in total. The van der Waals surface area contributed by atoms with E-state index in [0.717, 1.165) is 29.7 Å². The predicted molar refractivity (Wildman–Crippen MR) is 70.9 cm³/mol. The van der Waals surface area contributed by atoms with Gasteiger partial charge < -0.3 is 10.4 Å². The van der Waals surface area contributed by atoms with Crippen molar-refractivity contribution in [2.45, 2.75) is 19.8 Å². The van der Waals surface area contributed by atoms with E-state index >= 15 is 0 Å². The largest absolute Gasteiger partial charge is 0.396 e. The summed E-state index contributed by atoms with van der Waals surface area (Å²) >= 11 is 9.20. The fourth-order valence-corrected chi connectivity index (χ4v) is 2.20. The van der Waals surface area contributed by atoms with Gasteiger partial charge in [0.1, 0.15) is 5.82 Å². The number of anilines is 1. The molecule has 0 amide bonds. The zero-order chi connectivity index (χ0) is 12.0. The summed E-state index contributed by atoms with van der Waals surface area (Å²) in [5.41, 5.74) is 0. The molecule has 0 saturated heterocycles. The highest BCUT2D eigenvalue weighted by Gasteiger charge is 2.07. The monoisotopic (exact) mass is 306 g/mol. The van der Waals surface area contributed by atoms with Gasteiger partial charge in [0.25, 0.3) is 0 Å². The summed E-state index contributed by atoms with van der Waals surface area (Å²) in [4.78, 5) is 4.19. The summed E-state index contributed by atoms with van der Waals surface area (Å²) in [5.74, 6) is 1.26. The van der Waals surface area contributed by atoms with E-state index in [-0.39, 0.29) is 6.61 Å². The van der Waals surface area contributed by atoms with Crippen LogP contribution in [-0.2, 0) is 0 Å². The van der Waals surface area contributed by atoms with Crippen molar-refractivity contribution in [2.75, 3.05) is 18.5 Å². The van der Waals surface area contributed by atoms with Crippen molar-refractivity contribution in [1.82, 2.24) is 4.98 Å². The molecule has 3 nitrogen and oxygen atoms in total. The first kappa shape index (κ1) is 13.7. The van der Waals surface area contributed by atoms with Crippen molar-refractivity contribution in [3.05, 3.63) is 21.8 Å². The zero-order valence-electron chi connectivity index (χ0n) is 9.21. The van der Waals surface area contributed by atoms with Gasteiger partial charge in [0.2, 0.25) is 0 Å². The number of rotatable bonds is 6. The third-order valence-electron chi connectivity index (χ3n) is 2.48. The van der Waals surface area contributed by atoms with Crippen LogP contribution in [0.25, 0.3) is 0 Å². The molecule has 0 fully saturated rings. The van der Waals surface area contributed by atoms with Crippen LogP contribution in [0.15, 0.2) is 16.7 Å². The molecular weight excluding hydrogens is 291 g/mol. The molecule has 0 radical (unpaired) electrons. The highest BCUT2D eigenvalue weighted by Crippen LogP contribution is 2.23. The van der Waals surface area contributed by atoms with Gasteiger partial charge in [-0.25, -0.2) is 4.98 Å². The number of aromatic nitrogens is 1. The molecule has 0 aliphatic carbocycles. The Labute approximate surface area is 109 Å². The molecule has 16 heavy (non-hydrogen) atoms. The minimum absolute atomic E-state index is 0.232. The molecule has 0 aliphatic heterocycles. The number of nitrogens with zero attached hydrogens (tertiary/aromatic N) is 1. The van der Waals surface area contributed by atoms with Crippen LogP contribution in [0.5, 0.6) is 0 Å². The van der Waals surface area contributed by atoms with E-state index in [4.69, 9.17) is 16.7 Å². The first-order chi connectivity index (χ1) is 7.67. The van der Waals surface area contributed by atoms with Gasteiger partial charge in [0.15, 0.2) is 0 Å². The van der Waals surface area contributed by atoms with Crippen molar-refractivity contribution >= 4 is 33.3 Å². The van der Waals surface area contributed by atoms with Crippen LogP contribution in [0, 0.1) is 5.92 Å². The molecule has 0 bridgehead atoms. The van der Waals surface area contributed by atoms with Crippen molar-refractivity contribution in [1.29, 1.82) is 0 Å². The molecule has 0 aromatic carbocycles. The van der Waals surface area contributed by atoms with E-state index < -0.39 is 0 Å². The Morgan fingerprint density at radius 2 is 2.38 bits per heavy atom. The van der Waals surface area contributed by atoms with Gasteiger partial charge in [0.05, 0.1) is 9.50 Å². The van der Waals surface area contributed by atoms with Crippen LogP contribution in [0.4, 0.5) is 5.82 Å². The van der Waals surface area contributed by atoms with Gasteiger partial charge in [-0.2, -0.15) is 0 Å². The lowest BCUT2D eigenvalue weighted by molar-refractivity contribution is 0.258. The minimum atomic E-state index is 0.232. The van der Waals surface area contributed by atoms with Gasteiger partial charge in [-0.3, -0.25) is 0 Å². The van der Waals surface area contributed by atoms with Gasteiger partial charge >= 0.3 is 0 Å². The number of pyridine rings is 1. The second-order valence-corrected chi connectivity index (χ2v) is 4.94. The van der Waals surface area contributed by atoms with E-state index in [1.165, 1.54) is 0 Å². The second kappa shape index (κ2) is 7.09. The lowest BCUT2D eigenvalue weighted by Crippen LogP contribution is -2.15. The number of hydrogen-bond acceptors (Lipinski definition) is 3. The standard InChI is InChI=1S/C11H16BrClN2O/c1-2-8(3-4-16)6-14-11-10(12)5-9(13)7-15-11/h5,7-8,16H,2-4,6H2,1H3,(H,14,15). The molecule has 1 aromatic rings. The van der Waals surface area contributed by atoms with E-state index in [9.17, 15) is 0 Å². The van der Waals surface area contributed by atoms with Gasteiger partial charge in [-0.1, -0.05) is 24.9 Å². The molecule has 90 valence electrons. The lowest BCUT2D eigenvalue weighted by atomic mass is 10.0. The SMILES string of the molecule is CCC(CCO)CNc1ncc(Cl)cc1Br. The molecule has 0 aliphatic rings. The van der Waals surface area contributed by atoms with Crippen LogP contribution >= 0.6 is 27.5 Å². The topological polar surface area (TPSA) is 45.1 Å². The highest BCUT2D eigenvalue weighted by atomic mass is 79.9. The van der Waals surface area contributed by atoms with Crippen molar-refractivity contribution in [3.63, 3.8) is 0 Å². The van der Waals surface area contributed by atoms with Crippen molar-refractivity contribution < 1.29 is 5.11 Å². The molecule has 1 aromatic heterocycles. The fraction of sp³-hybridized carbons (Fsp3) is 0.545. The third kappa shape index (κ3) is 4.28. The molecule has 1 heterocycles. The first-order valence-corrected chi connectivity index (χ1v) is 6.50. The highest BCUT2D eigenvalue weighted by molar-refractivity contribution is 9.10. The smallest absolute Gasteiger partial charge is 0.140 e. The summed E-state index contributed by atoms with van der Waals surface area (Å²) in [6, 6.07) is 1.81. The number of aliphatic hydroxyl groups is 1. The molecular formula is C11H16BrClN2O. The maximum Gasteiger partial charge on any atom is 0.140 e. The predicted octanol–water partition coefficient (Wildman–Crippen LogP) is 3.32. The Kier molecular flexibility index (Phi) is 6.09.